The molecule has 1 aliphatic heterocycles. The Kier molecular flexibility index (Phi) is 7.84. The van der Waals surface area contributed by atoms with Gasteiger partial charge in [-0.15, -0.1) is 12.4 Å². The third kappa shape index (κ3) is 5.42. The topological polar surface area (TPSA) is 47.6 Å². The molecule has 0 spiro atoms. The van der Waals surface area contributed by atoms with Crippen LogP contribution in [0.3, 0.4) is 0 Å². The minimum Gasteiger partial charge on any atom is -0.464 e. The molecule has 4 nitrogen and oxygen atoms in total. The van der Waals surface area contributed by atoms with Gasteiger partial charge in [0.05, 0.1) is 12.7 Å². The van der Waals surface area contributed by atoms with Gasteiger partial charge in [-0.2, -0.15) is 0 Å². The quantitative estimate of drug-likeness (QED) is 0.715. The van der Waals surface area contributed by atoms with Crippen LogP contribution in [0.4, 0.5) is 0 Å². The van der Waals surface area contributed by atoms with Crippen molar-refractivity contribution in [2.45, 2.75) is 25.9 Å². The molecule has 0 aliphatic carbocycles. The number of esters is 1. The maximum atomic E-state index is 10.9. The van der Waals surface area contributed by atoms with Crippen molar-refractivity contribution in [1.82, 2.24) is 5.32 Å². The summed E-state index contributed by atoms with van der Waals surface area (Å²) >= 11 is 0. The summed E-state index contributed by atoms with van der Waals surface area (Å²) in [5.41, 5.74) is 0. The van der Waals surface area contributed by atoms with Crippen LogP contribution in [-0.2, 0) is 14.3 Å². The fraction of sp³-hybridized carbons (Fsp3) is 0.889. The van der Waals surface area contributed by atoms with E-state index in [1.54, 1.807) is 6.92 Å². The lowest BCUT2D eigenvalue weighted by Crippen LogP contribution is -2.36. The fourth-order valence-electron chi connectivity index (χ4n) is 1.35. The van der Waals surface area contributed by atoms with Crippen LogP contribution in [0, 0.1) is 0 Å². The van der Waals surface area contributed by atoms with Crippen LogP contribution in [0.25, 0.3) is 0 Å². The van der Waals surface area contributed by atoms with Gasteiger partial charge in [-0.05, 0) is 26.3 Å². The molecule has 0 aromatic heterocycles. The first-order valence-corrected chi connectivity index (χ1v) is 4.81. The highest BCUT2D eigenvalue weighted by molar-refractivity contribution is 5.85. The molecule has 1 fully saturated rings. The molecule has 0 aromatic carbocycles. The second-order valence-electron chi connectivity index (χ2n) is 3.08. The molecule has 1 heterocycles. The summed E-state index contributed by atoms with van der Waals surface area (Å²) in [5.74, 6) is -0.270. The van der Waals surface area contributed by atoms with Crippen molar-refractivity contribution in [3.05, 3.63) is 0 Å². The van der Waals surface area contributed by atoms with Crippen LogP contribution in [0.15, 0.2) is 0 Å². The maximum Gasteiger partial charge on any atom is 0.332 e. The van der Waals surface area contributed by atoms with Crippen molar-refractivity contribution in [1.29, 1.82) is 0 Å². The Morgan fingerprint density at radius 1 is 1.57 bits per heavy atom. The number of carbonyl (C=O) groups excluding carboxylic acids is 1. The van der Waals surface area contributed by atoms with E-state index in [1.807, 2.05) is 0 Å². The van der Waals surface area contributed by atoms with Crippen molar-refractivity contribution >= 4 is 18.4 Å². The summed E-state index contributed by atoms with van der Waals surface area (Å²) < 4.78 is 10.1. The highest BCUT2D eigenvalue weighted by Gasteiger charge is 2.14. The number of hydrogen-bond donors (Lipinski definition) is 1. The van der Waals surface area contributed by atoms with E-state index < -0.39 is 0 Å². The summed E-state index contributed by atoms with van der Waals surface area (Å²) in [4.78, 5) is 10.9. The van der Waals surface area contributed by atoms with E-state index >= 15 is 0 Å². The van der Waals surface area contributed by atoms with Crippen molar-refractivity contribution in [3.8, 4) is 0 Å². The predicted octanol–water partition coefficient (Wildman–Crippen LogP) is 0.740. The van der Waals surface area contributed by atoms with Crippen LogP contribution in [0.5, 0.6) is 0 Å². The maximum absolute atomic E-state index is 10.9. The Morgan fingerprint density at radius 2 is 2.36 bits per heavy atom. The van der Waals surface area contributed by atoms with Gasteiger partial charge in [0, 0.05) is 6.54 Å². The third-order valence-corrected chi connectivity index (χ3v) is 1.99. The number of rotatable bonds is 4. The smallest absolute Gasteiger partial charge is 0.332 e. The van der Waals surface area contributed by atoms with Crippen LogP contribution in [0.1, 0.15) is 19.8 Å². The van der Waals surface area contributed by atoms with E-state index in [9.17, 15) is 4.79 Å². The van der Waals surface area contributed by atoms with Crippen LogP contribution >= 0.6 is 12.4 Å². The molecular formula is C9H18ClNO3. The minimum absolute atomic E-state index is 0. The molecular weight excluding hydrogens is 206 g/mol. The zero-order chi connectivity index (χ0) is 9.52. The number of hydrogen-bond acceptors (Lipinski definition) is 4. The monoisotopic (exact) mass is 223 g/mol. The van der Waals surface area contributed by atoms with Crippen LogP contribution < -0.4 is 5.32 Å². The zero-order valence-corrected chi connectivity index (χ0v) is 9.27. The van der Waals surface area contributed by atoms with E-state index in [4.69, 9.17) is 9.47 Å². The van der Waals surface area contributed by atoms with Gasteiger partial charge in [0.1, 0.15) is 6.61 Å². The summed E-state index contributed by atoms with van der Waals surface area (Å²) in [6, 6.07) is 0. The van der Waals surface area contributed by atoms with Gasteiger partial charge in [-0.25, -0.2) is 4.79 Å². The van der Waals surface area contributed by atoms with Gasteiger partial charge < -0.3 is 14.8 Å². The molecule has 0 amide bonds. The molecule has 14 heavy (non-hydrogen) atoms. The summed E-state index contributed by atoms with van der Waals surface area (Å²) in [6.07, 6.45) is 2.33. The molecule has 1 unspecified atom stereocenters. The van der Waals surface area contributed by atoms with Crippen molar-refractivity contribution in [2.75, 3.05) is 26.3 Å². The van der Waals surface area contributed by atoms with Crippen LogP contribution in [-0.4, -0.2) is 38.4 Å². The zero-order valence-electron chi connectivity index (χ0n) is 8.45. The van der Waals surface area contributed by atoms with Crippen molar-refractivity contribution in [3.63, 3.8) is 0 Å². The first-order chi connectivity index (χ1) is 6.33. The lowest BCUT2D eigenvalue weighted by atomic mass is 10.1. The van der Waals surface area contributed by atoms with E-state index in [0.29, 0.717) is 6.61 Å². The molecule has 1 saturated heterocycles. The summed E-state index contributed by atoms with van der Waals surface area (Å²) in [5, 5.41) is 3.21. The highest BCUT2D eigenvalue weighted by Crippen LogP contribution is 2.05. The standard InChI is InChI=1S/C9H17NO3.ClH/c1-2-12-9(11)7-13-8-4-3-5-10-6-8;/h8,10H,2-7H2,1H3;1H. The molecule has 5 heteroatoms. The lowest BCUT2D eigenvalue weighted by Gasteiger charge is -2.22. The Balaban J connectivity index is 0.00000169. The fourth-order valence-corrected chi connectivity index (χ4v) is 1.35. The highest BCUT2D eigenvalue weighted by atomic mass is 35.5. The number of ether oxygens (including phenoxy) is 2. The number of halogens is 1. The number of nitrogens with one attached hydrogen (secondary N) is 1. The summed E-state index contributed by atoms with van der Waals surface area (Å²) in [6.45, 7) is 4.20. The Bertz CT molecular complexity index is 160. The van der Waals surface area contributed by atoms with E-state index in [1.165, 1.54) is 0 Å². The van der Waals surface area contributed by atoms with Gasteiger partial charge in [0.25, 0.3) is 0 Å². The Labute approximate surface area is 90.7 Å². The molecule has 1 aliphatic rings. The molecule has 0 bridgehead atoms. The predicted molar refractivity (Wildman–Crippen MR) is 55.7 cm³/mol. The molecule has 1 N–H and O–H groups in total. The van der Waals surface area contributed by atoms with Gasteiger partial charge in [-0.3, -0.25) is 0 Å². The first-order valence-electron chi connectivity index (χ1n) is 4.81. The minimum atomic E-state index is -0.270. The number of piperidine rings is 1. The molecule has 1 rings (SSSR count). The van der Waals surface area contributed by atoms with E-state index in [0.717, 1.165) is 25.9 Å². The Morgan fingerprint density at radius 3 is 2.93 bits per heavy atom. The van der Waals surface area contributed by atoms with Gasteiger partial charge in [-0.1, -0.05) is 0 Å². The van der Waals surface area contributed by atoms with E-state index in [-0.39, 0.29) is 31.1 Å². The average Bonchev–Trinajstić information content (AvgIpc) is 2.17. The largest absolute Gasteiger partial charge is 0.464 e. The first kappa shape index (κ1) is 13.7. The third-order valence-electron chi connectivity index (χ3n) is 1.99. The molecule has 0 aromatic rings. The van der Waals surface area contributed by atoms with Gasteiger partial charge in [0.15, 0.2) is 0 Å². The second kappa shape index (κ2) is 8.03. The molecule has 0 saturated carbocycles. The molecule has 1 atom stereocenters. The van der Waals surface area contributed by atoms with Gasteiger partial charge >= 0.3 is 5.97 Å². The van der Waals surface area contributed by atoms with E-state index in [2.05, 4.69) is 5.32 Å². The lowest BCUT2D eigenvalue weighted by molar-refractivity contribution is -0.150. The Hall–Kier alpha value is -0.320. The molecule has 84 valence electrons. The summed E-state index contributed by atoms with van der Waals surface area (Å²) in [7, 11) is 0. The molecule has 0 radical (unpaired) electrons. The normalized spacial score (nSPS) is 21.1. The van der Waals surface area contributed by atoms with Gasteiger partial charge in [0.2, 0.25) is 0 Å². The SMILES string of the molecule is CCOC(=O)COC1CCCNC1.Cl. The number of carbonyl (C=O) groups is 1. The second-order valence-corrected chi connectivity index (χ2v) is 3.08. The van der Waals surface area contributed by atoms with Crippen molar-refractivity contribution < 1.29 is 14.3 Å². The van der Waals surface area contributed by atoms with Crippen molar-refractivity contribution in [2.24, 2.45) is 0 Å². The average molecular weight is 224 g/mol. The van der Waals surface area contributed by atoms with Crippen LogP contribution in [0.2, 0.25) is 0 Å².